The number of rotatable bonds is 4. The first-order valence-electron chi connectivity index (χ1n) is 11.6. The van der Waals surface area contributed by atoms with Crippen molar-refractivity contribution in [2.45, 2.75) is 52.6 Å². The summed E-state index contributed by atoms with van der Waals surface area (Å²) in [5.41, 5.74) is -0.921. The van der Waals surface area contributed by atoms with Crippen molar-refractivity contribution in [2.24, 2.45) is 56.9 Å². The number of hydrogen-bond donors (Lipinski definition) is 1. The summed E-state index contributed by atoms with van der Waals surface area (Å²) >= 11 is 0. The van der Waals surface area contributed by atoms with Crippen LogP contribution >= 0.6 is 0 Å². The van der Waals surface area contributed by atoms with Crippen LogP contribution in [0, 0.1) is 51.8 Å². The van der Waals surface area contributed by atoms with Crippen molar-refractivity contribution in [1.82, 2.24) is 0 Å². The van der Waals surface area contributed by atoms with Crippen LogP contribution in [0.4, 0.5) is 0 Å². The van der Waals surface area contributed by atoms with E-state index < -0.39 is 22.2 Å². The minimum atomic E-state index is -1.22. The number of carbonyl (C=O) groups is 2. The van der Waals surface area contributed by atoms with Crippen molar-refractivity contribution in [2.75, 3.05) is 13.2 Å². The summed E-state index contributed by atoms with van der Waals surface area (Å²) in [5, 5.41) is 15.6. The van der Waals surface area contributed by atoms with E-state index in [-0.39, 0.29) is 29.8 Å². The molecule has 2 aliphatic heterocycles. The van der Waals surface area contributed by atoms with Crippen molar-refractivity contribution in [1.29, 1.82) is 0 Å². The van der Waals surface area contributed by atoms with Crippen LogP contribution in [0.15, 0.2) is 16.8 Å². The lowest BCUT2D eigenvalue weighted by atomic mass is 9.41. The number of carbonyl (C=O) groups excluding carboxylic acids is 1. The Labute approximate surface area is 177 Å². The van der Waals surface area contributed by atoms with Gasteiger partial charge in [0.05, 0.1) is 30.3 Å². The minimum absolute atomic E-state index is 0.00171. The number of hydrogen-bond acceptors (Lipinski definition) is 5. The van der Waals surface area contributed by atoms with Gasteiger partial charge in [0.1, 0.15) is 11.7 Å². The average molecular weight is 414 g/mol. The third-order valence-electron chi connectivity index (χ3n) is 10.0. The van der Waals surface area contributed by atoms with Crippen molar-refractivity contribution in [3.05, 3.63) is 11.6 Å². The first-order chi connectivity index (χ1) is 14.3. The lowest BCUT2D eigenvalue weighted by Gasteiger charge is -2.58. The van der Waals surface area contributed by atoms with Gasteiger partial charge in [-0.2, -0.15) is 0 Å². The molecular weight excluding hydrogens is 382 g/mol. The molecule has 0 aromatic carbocycles. The van der Waals surface area contributed by atoms with Crippen LogP contribution in [0.25, 0.3) is 0 Å². The van der Waals surface area contributed by atoms with Gasteiger partial charge in [-0.3, -0.25) is 4.79 Å². The van der Waals surface area contributed by atoms with E-state index in [0.717, 1.165) is 36.8 Å². The number of ether oxygens (including phenoxy) is 1. The van der Waals surface area contributed by atoms with E-state index in [1.54, 1.807) is 0 Å². The third kappa shape index (κ3) is 1.71. The van der Waals surface area contributed by atoms with Gasteiger partial charge in [-0.15, -0.1) is 0 Å². The van der Waals surface area contributed by atoms with Gasteiger partial charge in [0.2, 0.25) is 0 Å². The molecule has 2 unspecified atom stereocenters. The molecule has 162 valence electrons. The molecule has 9 atom stereocenters. The lowest BCUT2D eigenvalue weighted by Crippen LogP contribution is -2.65. The summed E-state index contributed by atoms with van der Waals surface area (Å²) in [5.74, 6) is 0.254. The Morgan fingerprint density at radius 2 is 2.10 bits per heavy atom. The first kappa shape index (κ1) is 19.0. The number of aliphatic carboxylic acids is 1. The molecule has 4 aliphatic carbocycles. The van der Waals surface area contributed by atoms with E-state index in [2.05, 4.69) is 32.0 Å². The summed E-state index contributed by atoms with van der Waals surface area (Å²) < 4.78 is 5.71. The Kier molecular flexibility index (Phi) is 3.65. The quantitative estimate of drug-likeness (QED) is 0.565. The Hall–Kier alpha value is -1.69. The summed E-state index contributed by atoms with van der Waals surface area (Å²) in [6.45, 7) is 7.46. The number of aldehydes is 1. The maximum absolute atomic E-state index is 13.5. The van der Waals surface area contributed by atoms with Crippen LogP contribution in [0.2, 0.25) is 0 Å². The van der Waals surface area contributed by atoms with Crippen LogP contribution in [0.5, 0.6) is 0 Å². The highest BCUT2D eigenvalue weighted by molar-refractivity contribution is 6.05. The van der Waals surface area contributed by atoms with Crippen LogP contribution in [0.1, 0.15) is 46.5 Å². The van der Waals surface area contributed by atoms with Gasteiger partial charge in [0, 0.05) is 5.41 Å². The summed E-state index contributed by atoms with van der Waals surface area (Å²) in [6.07, 6.45) is 6.61. The van der Waals surface area contributed by atoms with Gasteiger partial charge >= 0.3 is 5.97 Å². The van der Waals surface area contributed by atoms with Crippen molar-refractivity contribution in [3.63, 3.8) is 0 Å². The molecule has 0 radical (unpaired) electrons. The average Bonchev–Trinajstić information content (AvgIpc) is 3.47. The summed E-state index contributed by atoms with van der Waals surface area (Å²) in [4.78, 5) is 32.3. The maximum atomic E-state index is 13.5. The molecule has 3 saturated carbocycles. The molecule has 0 spiro atoms. The molecule has 6 nitrogen and oxygen atoms in total. The molecule has 0 amide bonds. The molecule has 6 rings (SSSR count). The predicted molar refractivity (Wildman–Crippen MR) is 109 cm³/mol. The van der Waals surface area contributed by atoms with Crippen LogP contribution < -0.4 is 0 Å². The molecule has 0 aromatic rings. The SMILES string of the molecule is CC(C)C1=C[C@H]2C[C@]3(C=O)[C@@H]4CC[C@@H](C)[C@H]4C[C@@]2(C2=NOC4COCC24)[C@]13C(=O)O. The fraction of sp³-hybridized carbons (Fsp3) is 0.792. The van der Waals surface area contributed by atoms with E-state index in [1.807, 2.05) is 0 Å². The van der Waals surface area contributed by atoms with Crippen LogP contribution in [0.3, 0.4) is 0 Å². The molecule has 2 heterocycles. The second-order valence-corrected chi connectivity index (χ2v) is 11.1. The Bertz CT molecular complexity index is 894. The number of fused-ring (bicyclic) bond motifs is 3. The fourth-order valence-electron chi connectivity index (χ4n) is 9.16. The molecule has 0 aromatic heterocycles. The number of carboxylic acids is 1. The van der Waals surface area contributed by atoms with E-state index in [0.29, 0.717) is 31.5 Å². The van der Waals surface area contributed by atoms with E-state index in [4.69, 9.17) is 9.57 Å². The van der Waals surface area contributed by atoms with Gasteiger partial charge in [-0.1, -0.05) is 44.0 Å². The van der Waals surface area contributed by atoms with E-state index >= 15 is 0 Å². The predicted octanol–water partition coefficient (Wildman–Crippen LogP) is 3.31. The highest BCUT2D eigenvalue weighted by Gasteiger charge is 2.86. The Morgan fingerprint density at radius 3 is 2.80 bits per heavy atom. The zero-order chi connectivity index (χ0) is 21.1. The van der Waals surface area contributed by atoms with Crippen LogP contribution in [-0.4, -0.2) is 42.4 Å². The second kappa shape index (κ2) is 5.76. The van der Waals surface area contributed by atoms with Gasteiger partial charge in [-0.25, -0.2) is 0 Å². The maximum Gasteiger partial charge on any atom is 0.315 e. The van der Waals surface area contributed by atoms with Gasteiger partial charge < -0.3 is 19.5 Å². The molecule has 6 heteroatoms. The first-order valence-corrected chi connectivity index (χ1v) is 11.6. The standard InChI is InChI=1S/C24H31NO5/c1-12(2)18-6-14-7-22(11-26)17-5-4-13(3)15(17)8-23(14,24(18,22)21(27)28)20-16-9-29-10-19(16)30-25-20/h6,11-17,19H,4-5,7-10H2,1-3H3,(H,27,28)/t13-,14+,15-,16?,17-,19?,22+,23-,24+/m1/s1. The smallest absolute Gasteiger partial charge is 0.315 e. The zero-order valence-electron chi connectivity index (χ0n) is 18.0. The van der Waals surface area contributed by atoms with Gasteiger partial charge in [-0.05, 0) is 48.9 Å². The monoisotopic (exact) mass is 413 g/mol. The number of allylic oxidation sites excluding steroid dienone is 1. The highest BCUT2D eigenvalue weighted by atomic mass is 16.7. The molecule has 1 saturated heterocycles. The van der Waals surface area contributed by atoms with Crippen LogP contribution in [-0.2, 0) is 19.2 Å². The molecule has 30 heavy (non-hydrogen) atoms. The van der Waals surface area contributed by atoms with Gasteiger partial charge in [0.25, 0.3) is 0 Å². The van der Waals surface area contributed by atoms with Gasteiger partial charge in [0.15, 0.2) is 6.10 Å². The number of carboxylic acid groups (broad SMARTS) is 1. The normalized spacial score (nSPS) is 52.7. The Morgan fingerprint density at radius 1 is 1.30 bits per heavy atom. The van der Waals surface area contributed by atoms with Crippen molar-refractivity contribution < 1.29 is 24.3 Å². The largest absolute Gasteiger partial charge is 0.481 e. The third-order valence-corrected chi connectivity index (χ3v) is 10.0. The fourth-order valence-corrected chi connectivity index (χ4v) is 9.16. The number of oxime groups is 1. The second-order valence-electron chi connectivity index (χ2n) is 11.1. The number of nitrogens with zero attached hydrogens (tertiary/aromatic N) is 1. The van der Waals surface area contributed by atoms with Crippen molar-refractivity contribution in [3.8, 4) is 0 Å². The van der Waals surface area contributed by atoms with Crippen molar-refractivity contribution >= 4 is 18.0 Å². The molecular formula is C24H31NO5. The lowest BCUT2D eigenvalue weighted by molar-refractivity contribution is -0.173. The molecule has 1 N–H and O–H groups in total. The molecule has 4 bridgehead atoms. The summed E-state index contributed by atoms with van der Waals surface area (Å²) in [7, 11) is 0. The minimum Gasteiger partial charge on any atom is -0.481 e. The molecule has 6 aliphatic rings. The van der Waals surface area contributed by atoms with E-state index in [1.165, 1.54) is 0 Å². The Balaban J connectivity index is 1.65. The highest BCUT2D eigenvalue weighted by Crippen LogP contribution is 2.83. The van der Waals surface area contributed by atoms with E-state index in [9.17, 15) is 14.7 Å². The summed E-state index contributed by atoms with van der Waals surface area (Å²) in [6, 6.07) is 0. The molecule has 4 fully saturated rings. The topological polar surface area (TPSA) is 85.2 Å². The zero-order valence-corrected chi connectivity index (χ0v) is 18.0.